The number of rotatable bonds is 4. The Balaban J connectivity index is 1.85. The van der Waals surface area contributed by atoms with Gasteiger partial charge in [-0.2, -0.15) is 5.26 Å². The number of nitrogens with zero attached hydrogens (tertiary/aromatic N) is 2. The molecule has 0 saturated heterocycles. The van der Waals surface area contributed by atoms with Crippen molar-refractivity contribution in [2.75, 3.05) is 5.32 Å². The van der Waals surface area contributed by atoms with Crippen molar-refractivity contribution in [3.05, 3.63) is 59.8 Å². The van der Waals surface area contributed by atoms with E-state index in [-0.39, 0.29) is 6.04 Å². The van der Waals surface area contributed by atoms with Crippen molar-refractivity contribution in [1.82, 2.24) is 4.98 Å². The standard InChI is InChI=1S/C17H17N3/c18-12-15-10-5-11-16(19-15)20-17(14-8-4-9-14)13-6-2-1-3-7-13/h1-3,5-7,10-11,14,17H,4,8-9H2,(H,19,20). The predicted octanol–water partition coefficient (Wildman–Crippen LogP) is 3.91. The van der Waals surface area contributed by atoms with Gasteiger partial charge in [-0.3, -0.25) is 0 Å². The molecule has 20 heavy (non-hydrogen) atoms. The van der Waals surface area contributed by atoms with Crippen molar-refractivity contribution in [2.24, 2.45) is 5.92 Å². The van der Waals surface area contributed by atoms with Gasteiger partial charge in [-0.25, -0.2) is 4.98 Å². The largest absolute Gasteiger partial charge is 0.363 e. The third-order valence-corrected chi connectivity index (χ3v) is 3.95. The van der Waals surface area contributed by atoms with Gasteiger partial charge in [-0.1, -0.05) is 42.8 Å². The predicted molar refractivity (Wildman–Crippen MR) is 79.1 cm³/mol. The summed E-state index contributed by atoms with van der Waals surface area (Å²) in [7, 11) is 0. The summed E-state index contributed by atoms with van der Waals surface area (Å²) in [5, 5.41) is 12.4. The first-order valence-electron chi connectivity index (χ1n) is 7.05. The Hall–Kier alpha value is -2.34. The average Bonchev–Trinajstić information content (AvgIpc) is 2.46. The van der Waals surface area contributed by atoms with Crippen LogP contribution in [0.2, 0.25) is 0 Å². The number of hydrogen-bond acceptors (Lipinski definition) is 3. The first kappa shape index (κ1) is 12.7. The second kappa shape index (κ2) is 5.75. The minimum absolute atomic E-state index is 0.284. The van der Waals surface area contributed by atoms with Gasteiger partial charge in [0.25, 0.3) is 0 Å². The van der Waals surface area contributed by atoms with E-state index in [1.807, 2.05) is 18.2 Å². The van der Waals surface area contributed by atoms with Crippen LogP contribution in [-0.4, -0.2) is 4.98 Å². The molecule has 1 fully saturated rings. The van der Waals surface area contributed by atoms with Crippen molar-refractivity contribution in [3.8, 4) is 6.07 Å². The van der Waals surface area contributed by atoms with Crippen LogP contribution in [0.5, 0.6) is 0 Å². The molecule has 3 nitrogen and oxygen atoms in total. The minimum atomic E-state index is 0.284. The van der Waals surface area contributed by atoms with Gasteiger partial charge < -0.3 is 5.32 Å². The van der Waals surface area contributed by atoms with Gasteiger partial charge in [0.1, 0.15) is 17.6 Å². The van der Waals surface area contributed by atoms with Gasteiger partial charge in [0.15, 0.2) is 0 Å². The third kappa shape index (κ3) is 2.65. The van der Waals surface area contributed by atoms with Crippen LogP contribution in [0.15, 0.2) is 48.5 Å². The first-order chi connectivity index (χ1) is 9.86. The maximum absolute atomic E-state index is 8.94. The van der Waals surface area contributed by atoms with Crippen LogP contribution >= 0.6 is 0 Å². The second-order valence-corrected chi connectivity index (χ2v) is 5.24. The Labute approximate surface area is 119 Å². The molecule has 0 radical (unpaired) electrons. The summed E-state index contributed by atoms with van der Waals surface area (Å²) in [6.45, 7) is 0. The monoisotopic (exact) mass is 263 g/mol. The highest BCUT2D eigenvalue weighted by Gasteiger charge is 2.28. The van der Waals surface area contributed by atoms with Crippen LogP contribution in [0.4, 0.5) is 5.82 Å². The van der Waals surface area contributed by atoms with Crippen LogP contribution in [0.1, 0.15) is 36.6 Å². The minimum Gasteiger partial charge on any atom is -0.363 e. The molecule has 1 N–H and O–H groups in total. The number of hydrogen-bond donors (Lipinski definition) is 1. The Bertz CT molecular complexity index is 612. The lowest BCUT2D eigenvalue weighted by atomic mass is 9.77. The topological polar surface area (TPSA) is 48.7 Å². The van der Waals surface area contributed by atoms with E-state index >= 15 is 0 Å². The van der Waals surface area contributed by atoms with E-state index in [4.69, 9.17) is 5.26 Å². The molecule has 3 heteroatoms. The third-order valence-electron chi connectivity index (χ3n) is 3.95. The van der Waals surface area contributed by atoms with Crippen LogP contribution in [-0.2, 0) is 0 Å². The molecule has 1 saturated carbocycles. The summed E-state index contributed by atoms with van der Waals surface area (Å²) in [6.07, 6.45) is 3.82. The average molecular weight is 263 g/mol. The van der Waals surface area contributed by atoms with Crippen molar-refractivity contribution < 1.29 is 0 Å². The molecule has 0 spiro atoms. The van der Waals surface area contributed by atoms with Crippen LogP contribution in [0, 0.1) is 17.2 Å². The normalized spacial score (nSPS) is 15.9. The molecule has 1 aliphatic rings. The summed E-state index contributed by atoms with van der Waals surface area (Å²) >= 11 is 0. The van der Waals surface area contributed by atoms with E-state index < -0.39 is 0 Å². The molecule has 1 aromatic carbocycles. The molecule has 100 valence electrons. The lowest BCUT2D eigenvalue weighted by molar-refractivity contribution is 0.277. The summed E-state index contributed by atoms with van der Waals surface area (Å²) in [5.74, 6) is 1.44. The van der Waals surface area contributed by atoms with Gasteiger partial charge in [-0.15, -0.1) is 0 Å². The first-order valence-corrected chi connectivity index (χ1v) is 7.05. The van der Waals surface area contributed by atoms with Gasteiger partial charge in [0.05, 0.1) is 6.04 Å². The van der Waals surface area contributed by atoms with E-state index in [1.165, 1.54) is 24.8 Å². The second-order valence-electron chi connectivity index (χ2n) is 5.24. The summed E-state index contributed by atoms with van der Waals surface area (Å²) in [6, 6.07) is 18.4. The van der Waals surface area contributed by atoms with Gasteiger partial charge in [0, 0.05) is 0 Å². The maximum Gasteiger partial charge on any atom is 0.142 e. The van der Waals surface area contributed by atoms with Gasteiger partial charge in [0.2, 0.25) is 0 Å². The van der Waals surface area contributed by atoms with Crippen molar-refractivity contribution in [2.45, 2.75) is 25.3 Å². The molecular formula is C17H17N3. The van der Waals surface area contributed by atoms with Crippen LogP contribution in [0.25, 0.3) is 0 Å². The number of anilines is 1. The summed E-state index contributed by atoms with van der Waals surface area (Å²) in [4.78, 5) is 4.33. The van der Waals surface area contributed by atoms with Crippen LogP contribution in [0.3, 0.4) is 0 Å². The number of aromatic nitrogens is 1. The summed E-state index contributed by atoms with van der Waals surface area (Å²) in [5.41, 5.74) is 1.75. The van der Waals surface area contributed by atoms with Crippen LogP contribution < -0.4 is 5.32 Å². The molecule has 0 aliphatic heterocycles. The fourth-order valence-electron chi connectivity index (χ4n) is 2.64. The zero-order valence-corrected chi connectivity index (χ0v) is 11.3. The zero-order chi connectivity index (χ0) is 13.8. The number of nitrogens with one attached hydrogen (secondary N) is 1. The quantitative estimate of drug-likeness (QED) is 0.909. The summed E-state index contributed by atoms with van der Waals surface area (Å²) < 4.78 is 0. The number of nitriles is 1. The molecule has 1 atom stereocenters. The Kier molecular flexibility index (Phi) is 3.64. The van der Waals surface area contributed by atoms with Crippen molar-refractivity contribution >= 4 is 5.82 Å². The highest BCUT2D eigenvalue weighted by molar-refractivity contribution is 5.41. The molecule has 1 heterocycles. The van der Waals surface area contributed by atoms with Crippen molar-refractivity contribution in [1.29, 1.82) is 5.26 Å². The smallest absolute Gasteiger partial charge is 0.142 e. The Morgan fingerprint density at radius 2 is 1.90 bits per heavy atom. The van der Waals surface area contributed by atoms with E-state index in [0.717, 1.165) is 5.82 Å². The zero-order valence-electron chi connectivity index (χ0n) is 11.3. The lowest BCUT2D eigenvalue weighted by Gasteiger charge is -2.35. The fraction of sp³-hybridized carbons (Fsp3) is 0.294. The molecule has 1 aromatic heterocycles. The molecular weight excluding hydrogens is 246 g/mol. The van der Waals surface area contributed by atoms with E-state index in [1.54, 1.807) is 6.07 Å². The molecule has 0 amide bonds. The number of pyridine rings is 1. The SMILES string of the molecule is N#Cc1cccc(NC(c2ccccc2)C2CCC2)n1. The molecule has 3 rings (SSSR count). The van der Waals surface area contributed by atoms with E-state index in [9.17, 15) is 0 Å². The molecule has 1 unspecified atom stereocenters. The fourth-order valence-corrected chi connectivity index (χ4v) is 2.64. The maximum atomic E-state index is 8.94. The highest BCUT2D eigenvalue weighted by Crippen LogP contribution is 2.39. The molecule has 0 bridgehead atoms. The Morgan fingerprint density at radius 3 is 2.55 bits per heavy atom. The van der Waals surface area contributed by atoms with Gasteiger partial charge in [-0.05, 0) is 36.5 Å². The number of benzene rings is 1. The van der Waals surface area contributed by atoms with E-state index in [2.05, 4.69) is 40.6 Å². The Morgan fingerprint density at radius 1 is 1.10 bits per heavy atom. The van der Waals surface area contributed by atoms with Crippen molar-refractivity contribution in [3.63, 3.8) is 0 Å². The molecule has 1 aliphatic carbocycles. The lowest BCUT2D eigenvalue weighted by Crippen LogP contribution is -2.26. The van der Waals surface area contributed by atoms with Gasteiger partial charge >= 0.3 is 0 Å². The van der Waals surface area contributed by atoms with E-state index in [0.29, 0.717) is 11.6 Å². The molecule has 2 aromatic rings. The highest BCUT2D eigenvalue weighted by atomic mass is 15.0.